The van der Waals surface area contributed by atoms with Crippen molar-refractivity contribution < 1.29 is 0 Å². The first-order valence-corrected chi connectivity index (χ1v) is 23.0. The summed E-state index contributed by atoms with van der Waals surface area (Å²) in [5, 5.41) is 10.3. The molecule has 0 bridgehead atoms. The molecule has 0 aliphatic carbocycles. The first-order valence-electron chi connectivity index (χ1n) is 21.0. The van der Waals surface area contributed by atoms with E-state index in [9.17, 15) is 0 Å². The van der Waals surface area contributed by atoms with Crippen molar-refractivity contribution >= 4 is 78.5 Å². The van der Waals surface area contributed by atoms with Crippen LogP contribution in [0.5, 0.6) is 0 Å². The second kappa shape index (κ2) is 15.5. The van der Waals surface area contributed by atoms with Crippen LogP contribution in [0.4, 0.5) is 17.1 Å². The number of aromatic nitrogens is 1. The molecular formula is C58H42N2Si. The maximum atomic E-state index is 2.47. The zero-order chi connectivity index (χ0) is 40.6. The molecule has 10 aromatic carbocycles. The number of rotatable bonds is 9. The molecule has 0 aliphatic heterocycles. The number of para-hydroxylation sites is 2. The largest absolute Gasteiger partial charge is 0.310 e. The van der Waals surface area contributed by atoms with Crippen LogP contribution in [-0.4, -0.2) is 12.6 Å². The quantitative estimate of drug-likeness (QED) is 0.104. The van der Waals surface area contributed by atoms with Gasteiger partial charge in [0.05, 0.1) is 16.7 Å². The molecule has 0 unspecified atom stereocenters. The Kier molecular flexibility index (Phi) is 9.22. The highest BCUT2D eigenvalue weighted by Crippen LogP contribution is 2.44. The van der Waals surface area contributed by atoms with Crippen molar-refractivity contribution in [2.75, 3.05) is 4.90 Å². The molecule has 0 spiro atoms. The molecule has 0 atom stereocenters. The van der Waals surface area contributed by atoms with Gasteiger partial charge < -0.3 is 9.47 Å². The summed E-state index contributed by atoms with van der Waals surface area (Å²) in [7, 11) is -2.73. The summed E-state index contributed by atoms with van der Waals surface area (Å²) < 4.78 is 2.40. The van der Waals surface area contributed by atoms with Crippen molar-refractivity contribution in [2.24, 2.45) is 0 Å². The molecule has 0 amide bonds. The Bertz CT molecular complexity index is 3180. The third-order valence-electron chi connectivity index (χ3n) is 12.3. The van der Waals surface area contributed by atoms with Crippen molar-refractivity contribution in [1.29, 1.82) is 0 Å². The minimum absolute atomic E-state index is 1.10. The number of hydrogen-bond donors (Lipinski definition) is 0. The standard InChI is InChI=1S/C58H42N2Si/c1-5-23-45(24-6-1)60-55-35-16-15-33-54(55)58-56(36-19-37-57(58)60)59(47-25-17-22-44(42-47)53-34-18-21-43-20-13-14-32-52(43)53)46-38-40-51(41-39-46)61(48-26-7-2-8-27-48,49-28-9-3-10-29-49)50-30-11-4-12-31-50/h1-42H. The number of benzene rings is 10. The normalized spacial score (nSPS) is 11.6. The summed E-state index contributed by atoms with van der Waals surface area (Å²) in [6, 6.07) is 93.7. The van der Waals surface area contributed by atoms with Gasteiger partial charge >= 0.3 is 0 Å². The average Bonchev–Trinajstić information content (AvgIpc) is 3.69. The Labute approximate surface area is 357 Å². The molecule has 0 fully saturated rings. The van der Waals surface area contributed by atoms with E-state index >= 15 is 0 Å². The minimum Gasteiger partial charge on any atom is -0.310 e. The maximum absolute atomic E-state index is 2.73. The summed E-state index contributed by atoms with van der Waals surface area (Å²) in [5.74, 6) is 0. The van der Waals surface area contributed by atoms with Crippen LogP contribution in [0, 0.1) is 0 Å². The number of anilines is 3. The van der Waals surface area contributed by atoms with Crippen LogP contribution >= 0.6 is 0 Å². The molecule has 1 aromatic heterocycles. The van der Waals surface area contributed by atoms with Crippen molar-refractivity contribution in [3.8, 4) is 16.8 Å². The van der Waals surface area contributed by atoms with E-state index in [1.54, 1.807) is 0 Å². The van der Waals surface area contributed by atoms with Crippen LogP contribution in [0.3, 0.4) is 0 Å². The smallest absolute Gasteiger partial charge is 0.179 e. The second-order valence-corrected chi connectivity index (χ2v) is 19.5. The van der Waals surface area contributed by atoms with Gasteiger partial charge in [-0.25, -0.2) is 0 Å². The fourth-order valence-corrected chi connectivity index (χ4v) is 14.4. The highest BCUT2D eigenvalue weighted by molar-refractivity contribution is 7.19. The van der Waals surface area contributed by atoms with Crippen LogP contribution in [-0.2, 0) is 0 Å². The summed E-state index contributed by atoms with van der Waals surface area (Å²) >= 11 is 0. The molecule has 61 heavy (non-hydrogen) atoms. The molecule has 11 rings (SSSR count). The molecule has 0 aliphatic rings. The molecule has 0 N–H and O–H groups in total. The predicted molar refractivity (Wildman–Crippen MR) is 262 cm³/mol. The third kappa shape index (κ3) is 6.18. The zero-order valence-electron chi connectivity index (χ0n) is 33.6. The maximum Gasteiger partial charge on any atom is 0.179 e. The lowest BCUT2D eigenvalue weighted by Crippen LogP contribution is -2.74. The molecule has 0 radical (unpaired) electrons. The lowest BCUT2D eigenvalue weighted by Gasteiger charge is -2.35. The predicted octanol–water partition coefficient (Wildman–Crippen LogP) is 12.5. The van der Waals surface area contributed by atoms with Crippen molar-refractivity contribution in [1.82, 2.24) is 4.57 Å². The van der Waals surface area contributed by atoms with Crippen LogP contribution in [0.25, 0.3) is 49.4 Å². The Morgan fingerprint density at radius 2 is 0.852 bits per heavy atom. The minimum atomic E-state index is -2.73. The van der Waals surface area contributed by atoms with Gasteiger partial charge in [-0.3, -0.25) is 0 Å². The molecule has 288 valence electrons. The molecule has 0 saturated carbocycles. The number of hydrogen-bond acceptors (Lipinski definition) is 1. The third-order valence-corrected chi connectivity index (χ3v) is 17.1. The molecule has 0 saturated heterocycles. The Hall–Kier alpha value is -7.72. The van der Waals surface area contributed by atoms with Crippen molar-refractivity contribution in [3.05, 3.63) is 255 Å². The van der Waals surface area contributed by atoms with E-state index in [1.165, 1.54) is 64.5 Å². The highest BCUT2D eigenvalue weighted by Gasteiger charge is 2.41. The van der Waals surface area contributed by atoms with Gasteiger partial charge in [0.1, 0.15) is 0 Å². The molecule has 2 nitrogen and oxygen atoms in total. The Morgan fingerprint density at radius 1 is 0.344 bits per heavy atom. The zero-order valence-corrected chi connectivity index (χ0v) is 34.6. The first kappa shape index (κ1) is 36.4. The second-order valence-electron chi connectivity index (χ2n) is 15.7. The van der Waals surface area contributed by atoms with E-state index in [-0.39, 0.29) is 0 Å². The van der Waals surface area contributed by atoms with Gasteiger partial charge in [0.2, 0.25) is 0 Å². The van der Waals surface area contributed by atoms with Gasteiger partial charge in [-0.05, 0) is 97.2 Å². The van der Waals surface area contributed by atoms with Crippen molar-refractivity contribution in [2.45, 2.75) is 0 Å². The topological polar surface area (TPSA) is 8.17 Å². The SMILES string of the molecule is c1ccc(-n2c3ccccc3c3c(N(c4ccc([Si](c5ccccc5)(c5ccccc5)c5ccccc5)cc4)c4cccc(-c5cccc6ccccc56)c4)cccc32)cc1. The van der Waals surface area contributed by atoms with Crippen LogP contribution < -0.4 is 25.6 Å². The van der Waals surface area contributed by atoms with E-state index in [1.807, 2.05) is 0 Å². The Balaban J connectivity index is 1.17. The van der Waals surface area contributed by atoms with E-state index < -0.39 is 8.07 Å². The van der Waals surface area contributed by atoms with Gasteiger partial charge in [-0.1, -0.05) is 200 Å². The van der Waals surface area contributed by atoms with Gasteiger partial charge in [0.25, 0.3) is 0 Å². The molecular weight excluding hydrogens is 753 g/mol. The fourth-order valence-electron chi connectivity index (χ4n) is 9.68. The van der Waals surface area contributed by atoms with E-state index in [0.717, 1.165) is 22.7 Å². The van der Waals surface area contributed by atoms with E-state index in [2.05, 4.69) is 264 Å². The van der Waals surface area contributed by atoms with Gasteiger partial charge in [-0.2, -0.15) is 0 Å². The fraction of sp³-hybridized carbons (Fsp3) is 0. The molecule has 1 heterocycles. The summed E-state index contributed by atoms with van der Waals surface area (Å²) in [5.41, 5.74) is 9.21. The first-order chi connectivity index (χ1) is 30.3. The van der Waals surface area contributed by atoms with Crippen molar-refractivity contribution in [3.63, 3.8) is 0 Å². The van der Waals surface area contributed by atoms with Gasteiger partial charge in [0, 0.05) is 27.8 Å². The lowest BCUT2D eigenvalue weighted by atomic mass is 9.97. The highest BCUT2D eigenvalue weighted by atomic mass is 28.3. The van der Waals surface area contributed by atoms with Gasteiger partial charge in [-0.15, -0.1) is 0 Å². The van der Waals surface area contributed by atoms with Gasteiger partial charge in [0.15, 0.2) is 8.07 Å². The van der Waals surface area contributed by atoms with Crippen LogP contribution in [0.1, 0.15) is 0 Å². The summed E-state index contributed by atoms with van der Waals surface area (Å²) in [4.78, 5) is 2.47. The lowest BCUT2D eigenvalue weighted by molar-refractivity contribution is 1.18. The van der Waals surface area contributed by atoms with E-state index in [0.29, 0.717) is 0 Å². The average molecular weight is 795 g/mol. The number of nitrogens with zero attached hydrogens (tertiary/aromatic N) is 2. The molecule has 3 heteroatoms. The molecule has 11 aromatic rings. The van der Waals surface area contributed by atoms with E-state index in [4.69, 9.17) is 0 Å². The van der Waals surface area contributed by atoms with Crippen LogP contribution in [0.2, 0.25) is 0 Å². The van der Waals surface area contributed by atoms with Crippen LogP contribution in [0.15, 0.2) is 255 Å². The monoisotopic (exact) mass is 794 g/mol. The number of fused-ring (bicyclic) bond motifs is 4. The Morgan fingerprint density at radius 3 is 1.52 bits per heavy atom. The summed E-state index contributed by atoms with van der Waals surface area (Å²) in [6.45, 7) is 0. The summed E-state index contributed by atoms with van der Waals surface area (Å²) in [6.07, 6.45) is 0.